The highest BCUT2D eigenvalue weighted by Gasteiger charge is 2.11. The molecule has 0 aliphatic heterocycles. The molecule has 1 N–H and O–H groups in total. The molecule has 0 saturated carbocycles. The Morgan fingerprint density at radius 3 is 2.79 bits per heavy atom. The molecule has 0 unspecified atom stereocenters. The monoisotopic (exact) mass is 343 g/mol. The van der Waals surface area contributed by atoms with E-state index in [1.54, 1.807) is 18.2 Å². The average Bonchev–Trinajstić information content (AvgIpc) is 2.38. The third-order valence-electron chi connectivity index (χ3n) is 2.53. The minimum absolute atomic E-state index is 0.0461. The van der Waals surface area contributed by atoms with Gasteiger partial charge in [0.05, 0.1) is 5.02 Å². The molecule has 5 heteroatoms. The molecule has 0 atom stereocenters. The maximum atomic E-state index is 13.8. The lowest BCUT2D eigenvalue weighted by Crippen LogP contribution is -2.06. The highest BCUT2D eigenvalue weighted by Crippen LogP contribution is 2.31. The minimum Gasteiger partial charge on any atom is -0.454 e. The number of hydrogen-bond acceptors (Lipinski definition) is 2. The lowest BCUT2D eigenvalue weighted by Gasteiger charge is -2.12. The Morgan fingerprint density at radius 1 is 1.26 bits per heavy atom. The van der Waals surface area contributed by atoms with Gasteiger partial charge in [-0.2, -0.15) is 0 Å². The highest BCUT2D eigenvalue weighted by molar-refractivity contribution is 9.10. The Bertz CT molecular complexity index is 592. The quantitative estimate of drug-likeness (QED) is 0.864. The Hall–Kier alpha value is -1.10. The molecule has 100 valence electrons. The first kappa shape index (κ1) is 14.3. The van der Waals surface area contributed by atoms with Crippen molar-refractivity contribution in [3.63, 3.8) is 0 Å². The Morgan fingerprint density at radius 2 is 2.05 bits per heavy atom. The molecule has 0 aliphatic carbocycles. The van der Waals surface area contributed by atoms with E-state index in [4.69, 9.17) is 16.3 Å². The molecule has 19 heavy (non-hydrogen) atoms. The normalized spacial score (nSPS) is 10.5. The van der Waals surface area contributed by atoms with Crippen molar-refractivity contribution in [3.8, 4) is 11.5 Å². The van der Waals surface area contributed by atoms with Gasteiger partial charge in [-0.05, 0) is 37.4 Å². The van der Waals surface area contributed by atoms with E-state index < -0.39 is 5.82 Å². The van der Waals surface area contributed by atoms with Crippen LogP contribution in [0.5, 0.6) is 11.5 Å². The molecule has 0 fully saturated rings. The van der Waals surface area contributed by atoms with Crippen molar-refractivity contribution >= 4 is 27.5 Å². The van der Waals surface area contributed by atoms with Gasteiger partial charge in [-0.1, -0.05) is 33.6 Å². The van der Waals surface area contributed by atoms with E-state index in [0.717, 1.165) is 10.0 Å². The summed E-state index contributed by atoms with van der Waals surface area (Å²) in [5.74, 6) is 0.161. The minimum atomic E-state index is -0.553. The first-order valence-electron chi connectivity index (χ1n) is 5.66. The molecular weight excluding hydrogens is 333 g/mol. The molecule has 0 heterocycles. The zero-order chi connectivity index (χ0) is 13.8. The summed E-state index contributed by atoms with van der Waals surface area (Å²) in [6.45, 7) is 0.622. The molecule has 0 aliphatic rings. The molecule has 2 rings (SSSR count). The zero-order valence-corrected chi connectivity index (χ0v) is 12.6. The van der Waals surface area contributed by atoms with Crippen LogP contribution in [0.2, 0.25) is 5.02 Å². The summed E-state index contributed by atoms with van der Waals surface area (Å²) < 4.78 is 20.4. The van der Waals surface area contributed by atoms with E-state index in [1.165, 1.54) is 6.07 Å². The van der Waals surface area contributed by atoms with Crippen LogP contribution in [-0.2, 0) is 6.54 Å². The van der Waals surface area contributed by atoms with Gasteiger partial charge in [0.25, 0.3) is 0 Å². The van der Waals surface area contributed by atoms with Crippen LogP contribution < -0.4 is 10.1 Å². The third-order valence-corrected chi connectivity index (χ3v) is 3.31. The van der Waals surface area contributed by atoms with Crippen LogP contribution in [0.1, 0.15) is 5.56 Å². The van der Waals surface area contributed by atoms with Crippen molar-refractivity contribution in [1.29, 1.82) is 0 Å². The lowest BCUT2D eigenvalue weighted by molar-refractivity contribution is 0.436. The fraction of sp³-hybridized carbons (Fsp3) is 0.143. The molecule has 2 aromatic rings. The highest BCUT2D eigenvalue weighted by atomic mass is 79.9. The third kappa shape index (κ3) is 3.47. The van der Waals surface area contributed by atoms with Gasteiger partial charge >= 0.3 is 0 Å². The van der Waals surface area contributed by atoms with Gasteiger partial charge in [0, 0.05) is 16.6 Å². The summed E-state index contributed by atoms with van der Waals surface area (Å²) in [6, 6.07) is 10.2. The van der Waals surface area contributed by atoms with Crippen molar-refractivity contribution < 1.29 is 9.13 Å². The average molecular weight is 345 g/mol. The van der Waals surface area contributed by atoms with E-state index in [-0.39, 0.29) is 10.8 Å². The van der Waals surface area contributed by atoms with E-state index in [1.807, 2.05) is 19.2 Å². The van der Waals surface area contributed by atoms with Crippen LogP contribution in [0.3, 0.4) is 0 Å². The summed E-state index contributed by atoms with van der Waals surface area (Å²) >= 11 is 9.13. The number of rotatable bonds is 4. The first-order chi connectivity index (χ1) is 9.11. The topological polar surface area (TPSA) is 21.3 Å². The lowest BCUT2D eigenvalue weighted by atomic mass is 10.2. The van der Waals surface area contributed by atoms with Crippen LogP contribution in [0.15, 0.2) is 40.9 Å². The zero-order valence-electron chi connectivity index (χ0n) is 10.2. The predicted octanol–water partition coefficient (Wildman–Crippen LogP) is 4.75. The molecule has 0 radical (unpaired) electrons. The molecule has 0 aromatic heterocycles. The molecule has 2 aromatic carbocycles. The summed E-state index contributed by atoms with van der Waals surface area (Å²) in [4.78, 5) is 0. The fourth-order valence-electron chi connectivity index (χ4n) is 1.66. The van der Waals surface area contributed by atoms with Crippen molar-refractivity contribution in [2.24, 2.45) is 0 Å². The fourth-order valence-corrected chi connectivity index (χ4v) is 2.23. The van der Waals surface area contributed by atoms with E-state index in [9.17, 15) is 4.39 Å². The van der Waals surface area contributed by atoms with Gasteiger partial charge in [0.2, 0.25) is 0 Å². The second-order valence-corrected chi connectivity index (χ2v) is 5.26. The molecule has 2 nitrogen and oxygen atoms in total. The largest absolute Gasteiger partial charge is 0.454 e. The van der Waals surface area contributed by atoms with Gasteiger partial charge in [-0.15, -0.1) is 0 Å². The number of nitrogens with one attached hydrogen (secondary N) is 1. The summed E-state index contributed by atoms with van der Waals surface area (Å²) in [5.41, 5.74) is 0.927. The number of benzene rings is 2. The van der Waals surface area contributed by atoms with Crippen LogP contribution in [0.25, 0.3) is 0 Å². The number of ether oxygens (including phenoxy) is 1. The number of halogens is 3. The van der Waals surface area contributed by atoms with Crippen molar-refractivity contribution in [2.75, 3.05) is 7.05 Å². The molecule has 0 bridgehead atoms. The van der Waals surface area contributed by atoms with Crippen molar-refractivity contribution in [3.05, 3.63) is 57.3 Å². The van der Waals surface area contributed by atoms with Crippen LogP contribution >= 0.6 is 27.5 Å². The Balaban J connectivity index is 2.35. The van der Waals surface area contributed by atoms with E-state index in [2.05, 4.69) is 21.2 Å². The van der Waals surface area contributed by atoms with Crippen LogP contribution in [0.4, 0.5) is 4.39 Å². The maximum absolute atomic E-state index is 13.8. The standard InChI is InChI=1S/C14H12BrClFNO/c1-18-8-9-7-10(15)5-6-12(9)19-13-4-2-3-11(16)14(13)17/h2-7,18H,8H2,1H3. The molecule has 0 spiro atoms. The summed E-state index contributed by atoms with van der Waals surface area (Å²) in [5, 5.41) is 3.09. The maximum Gasteiger partial charge on any atom is 0.184 e. The SMILES string of the molecule is CNCc1cc(Br)ccc1Oc1cccc(Cl)c1F. The van der Waals surface area contributed by atoms with Crippen molar-refractivity contribution in [2.45, 2.75) is 6.54 Å². The van der Waals surface area contributed by atoms with Gasteiger partial charge in [-0.25, -0.2) is 4.39 Å². The van der Waals surface area contributed by atoms with Gasteiger partial charge in [-0.3, -0.25) is 0 Å². The first-order valence-corrected chi connectivity index (χ1v) is 6.84. The van der Waals surface area contributed by atoms with Crippen LogP contribution in [0, 0.1) is 5.82 Å². The van der Waals surface area contributed by atoms with Crippen LogP contribution in [-0.4, -0.2) is 7.05 Å². The molecular formula is C14H12BrClFNO. The summed E-state index contributed by atoms with van der Waals surface area (Å²) in [6.07, 6.45) is 0. The van der Waals surface area contributed by atoms with E-state index >= 15 is 0 Å². The Kier molecular flexibility index (Phi) is 4.80. The molecule has 0 saturated heterocycles. The smallest absolute Gasteiger partial charge is 0.184 e. The predicted molar refractivity (Wildman–Crippen MR) is 78.4 cm³/mol. The number of hydrogen-bond donors (Lipinski definition) is 1. The van der Waals surface area contributed by atoms with E-state index in [0.29, 0.717) is 12.3 Å². The van der Waals surface area contributed by atoms with Gasteiger partial charge in [0.1, 0.15) is 5.75 Å². The van der Waals surface area contributed by atoms with Gasteiger partial charge < -0.3 is 10.1 Å². The van der Waals surface area contributed by atoms with Gasteiger partial charge in [0.15, 0.2) is 11.6 Å². The molecule has 0 amide bonds. The summed E-state index contributed by atoms with van der Waals surface area (Å²) in [7, 11) is 1.84. The van der Waals surface area contributed by atoms with Crippen molar-refractivity contribution in [1.82, 2.24) is 5.32 Å². The second kappa shape index (κ2) is 6.37. The Labute approximate surface area is 124 Å². The second-order valence-electron chi connectivity index (χ2n) is 3.94.